The summed E-state index contributed by atoms with van der Waals surface area (Å²) in [7, 11) is 2.82. The molecule has 70 heavy (non-hydrogen) atoms. The number of ether oxygens (including phenoxy) is 4. The Morgan fingerprint density at radius 2 is 1.03 bits per heavy atom. The normalized spacial score (nSPS) is 11.9. The van der Waals surface area contributed by atoms with Gasteiger partial charge in [-0.15, -0.1) is 22.7 Å². The fourth-order valence-corrected chi connectivity index (χ4v) is 9.28. The molecular formula is C52H45F2N3O11S2. The second-order valence-corrected chi connectivity index (χ2v) is 17.3. The van der Waals surface area contributed by atoms with Gasteiger partial charge in [0.2, 0.25) is 0 Å². The number of carboxylic acid groups (broad SMARTS) is 1. The van der Waals surface area contributed by atoms with Crippen molar-refractivity contribution in [1.29, 1.82) is 0 Å². The molecule has 0 bridgehead atoms. The summed E-state index contributed by atoms with van der Waals surface area (Å²) in [6.07, 6.45) is -1.49. The van der Waals surface area contributed by atoms with E-state index in [0.717, 1.165) is 21.9 Å². The van der Waals surface area contributed by atoms with Crippen LogP contribution in [0, 0.1) is 11.6 Å². The number of nitrogens with two attached hydrogens (primary N) is 1. The van der Waals surface area contributed by atoms with E-state index in [0.29, 0.717) is 54.8 Å². The van der Waals surface area contributed by atoms with E-state index >= 15 is 0 Å². The molecule has 0 saturated heterocycles. The number of carbonyl (C=O) groups is 4. The molecule has 4 aromatic carbocycles. The Hall–Kier alpha value is -7.64. The molecular weight excluding hydrogens is 945 g/mol. The molecule has 360 valence electrons. The first kappa shape index (κ1) is 50.2. The molecule has 2 unspecified atom stereocenters. The molecule has 2 atom stereocenters. The number of nitrogens with zero attached hydrogens (tertiary/aromatic N) is 2. The highest BCUT2D eigenvalue weighted by Gasteiger charge is 2.20. The topological polar surface area (TPSA) is 218 Å². The molecule has 0 radical (unpaired) electrons. The van der Waals surface area contributed by atoms with Gasteiger partial charge >= 0.3 is 5.97 Å². The number of amides is 1. The zero-order chi connectivity index (χ0) is 49.9. The quantitative estimate of drug-likeness (QED) is 0.0524. The average molecular weight is 990 g/mol. The molecule has 8 rings (SSSR count). The second kappa shape index (κ2) is 23.1. The number of aliphatic hydroxyl groups excluding tert-OH is 2. The van der Waals surface area contributed by atoms with E-state index in [2.05, 4.69) is 9.97 Å². The molecule has 0 aliphatic heterocycles. The van der Waals surface area contributed by atoms with Crippen molar-refractivity contribution >= 4 is 66.3 Å². The average Bonchev–Trinajstić information content (AvgIpc) is 4.02. The van der Waals surface area contributed by atoms with Gasteiger partial charge in [0.25, 0.3) is 5.91 Å². The van der Waals surface area contributed by atoms with Gasteiger partial charge in [-0.2, -0.15) is 0 Å². The smallest absolute Gasteiger partial charge is 0.341 e. The van der Waals surface area contributed by atoms with Crippen LogP contribution in [0.2, 0.25) is 0 Å². The second-order valence-electron chi connectivity index (χ2n) is 15.6. The third-order valence-electron chi connectivity index (χ3n) is 10.9. The number of benzene rings is 4. The Morgan fingerprint density at radius 3 is 1.44 bits per heavy atom. The minimum absolute atomic E-state index is 0.0537. The third kappa shape index (κ3) is 12.1. The number of carboxylic acids is 1. The van der Waals surface area contributed by atoms with Crippen LogP contribution in [0.4, 0.5) is 8.78 Å². The first-order valence-electron chi connectivity index (χ1n) is 21.5. The Labute approximate surface area is 407 Å². The predicted molar refractivity (Wildman–Crippen MR) is 261 cm³/mol. The molecule has 1 amide bonds. The van der Waals surface area contributed by atoms with Crippen LogP contribution >= 0.6 is 22.7 Å². The van der Waals surface area contributed by atoms with Crippen molar-refractivity contribution in [2.75, 3.05) is 27.4 Å². The minimum Gasteiger partial charge on any atom is -0.493 e. The molecule has 4 heterocycles. The van der Waals surface area contributed by atoms with E-state index in [-0.39, 0.29) is 67.0 Å². The molecule has 14 nitrogen and oxygen atoms in total. The Balaban J connectivity index is 0.000000206. The van der Waals surface area contributed by atoms with Crippen molar-refractivity contribution in [2.24, 2.45) is 5.73 Å². The number of aliphatic hydroxyl groups is 2. The van der Waals surface area contributed by atoms with Crippen molar-refractivity contribution in [3.05, 3.63) is 154 Å². The summed E-state index contributed by atoms with van der Waals surface area (Å²) in [6.45, 7) is -0.837. The summed E-state index contributed by atoms with van der Waals surface area (Å²) in [5.41, 5.74) is 9.49. The van der Waals surface area contributed by atoms with E-state index in [1.165, 1.54) is 79.4 Å². The SMILES string of the molecule is COc1cc(C(=O)CCC(O)c2cccc(-c3csc4c(F)cccc34)n2)ccc1OCC(=O)O.COc1cc(C(=O)CCC(O)c2cccc(-c3csc4c(F)cccc34)n2)ccc1OCC(N)=O. The summed E-state index contributed by atoms with van der Waals surface area (Å²) < 4.78 is 50.1. The Bertz CT molecular complexity index is 2980. The first-order chi connectivity index (χ1) is 33.7. The van der Waals surface area contributed by atoms with Crippen LogP contribution in [0.25, 0.3) is 42.7 Å². The molecule has 0 spiro atoms. The number of fused-ring (bicyclic) bond motifs is 2. The van der Waals surface area contributed by atoms with Gasteiger partial charge in [0.15, 0.2) is 47.8 Å². The number of Topliss-reactive ketones (excluding diaryl/α,β-unsaturated/α-hetero) is 2. The number of methoxy groups -OCH3 is 2. The van der Waals surface area contributed by atoms with Gasteiger partial charge in [-0.3, -0.25) is 24.4 Å². The summed E-state index contributed by atoms with van der Waals surface area (Å²) >= 11 is 2.60. The standard InChI is InChI=1S/C26H23FN2O5S.C26H22FNO6S/c1-33-24-12-15(8-11-23(24)34-13-25(28)32)21(30)9-10-22(31)20-7-3-6-19(29-20)17-14-35-26-16(17)4-2-5-18(26)27;1-33-24-12-15(8-11-23(24)34-13-25(31)32)21(29)9-10-22(30)20-7-3-6-19(28-20)17-14-35-26-16(17)4-2-5-18(26)27/h2-8,11-12,14,22,31H,9-10,13H2,1H3,(H2,28,32);2-8,11-12,14,22,30H,9-10,13H2,1H3,(H,31,32). The highest BCUT2D eigenvalue weighted by Crippen LogP contribution is 2.37. The first-order valence-corrected chi connectivity index (χ1v) is 23.3. The zero-order valence-electron chi connectivity index (χ0n) is 37.6. The minimum atomic E-state index is -1.13. The Morgan fingerprint density at radius 1 is 0.600 bits per heavy atom. The van der Waals surface area contributed by atoms with Crippen LogP contribution in [-0.4, -0.2) is 76.2 Å². The third-order valence-corrected chi connectivity index (χ3v) is 12.9. The zero-order valence-corrected chi connectivity index (χ0v) is 39.2. The Kier molecular flexibility index (Phi) is 16.6. The summed E-state index contributed by atoms with van der Waals surface area (Å²) in [5.74, 6) is -1.68. The number of hydrogen-bond donors (Lipinski definition) is 4. The number of thiophene rings is 2. The summed E-state index contributed by atoms with van der Waals surface area (Å²) in [4.78, 5) is 56.2. The van der Waals surface area contributed by atoms with Gasteiger partial charge in [-0.05, 0) is 85.6 Å². The number of hydrogen-bond acceptors (Lipinski definition) is 14. The fraction of sp³-hybridized carbons (Fsp3) is 0.192. The number of carbonyl (C=O) groups excluding carboxylic acids is 3. The van der Waals surface area contributed by atoms with E-state index in [1.54, 1.807) is 48.5 Å². The van der Waals surface area contributed by atoms with Crippen molar-refractivity contribution in [2.45, 2.75) is 37.9 Å². The van der Waals surface area contributed by atoms with Gasteiger partial charge in [-0.25, -0.2) is 13.6 Å². The van der Waals surface area contributed by atoms with Gasteiger partial charge < -0.3 is 40.0 Å². The molecule has 0 aliphatic rings. The maximum absolute atomic E-state index is 14.1. The number of primary amides is 1. The van der Waals surface area contributed by atoms with Crippen LogP contribution in [0.3, 0.4) is 0 Å². The fourth-order valence-electron chi connectivity index (χ4n) is 7.34. The number of halogens is 2. The van der Waals surface area contributed by atoms with Crippen LogP contribution in [-0.2, 0) is 9.59 Å². The van der Waals surface area contributed by atoms with Crippen LogP contribution in [0.5, 0.6) is 23.0 Å². The van der Waals surface area contributed by atoms with Crippen molar-refractivity contribution in [3.63, 3.8) is 0 Å². The van der Waals surface area contributed by atoms with Gasteiger partial charge in [-0.1, -0.05) is 36.4 Å². The van der Waals surface area contributed by atoms with E-state index in [9.17, 15) is 38.2 Å². The molecule has 18 heteroatoms. The number of aliphatic carboxylic acids is 1. The molecule has 4 aromatic heterocycles. The van der Waals surface area contributed by atoms with Gasteiger partial charge in [0.1, 0.15) is 11.6 Å². The lowest BCUT2D eigenvalue weighted by atomic mass is 10.0. The lowest BCUT2D eigenvalue weighted by molar-refractivity contribution is -0.139. The lowest BCUT2D eigenvalue weighted by Gasteiger charge is -2.13. The highest BCUT2D eigenvalue weighted by molar-refractivity contribution is 7.18. The largest absolute Gasteiger partial charge is 0.493 e. The van der Waals surface area contributed by atoms with Gasteiger partial charge in [0, 0.05) is 56.6 Å². The number of ketones is 2. The van der Waals surface area contributed by atoms with Crippen molar-refractivity contribution in [1.82, 2.24) is 9.97 Å². The summed E-state index contributed by atoms with van der Waals surface area (Å²) in [5, 5.41) is 35.4. The van der Waals surface area contributed by atoms with Crippen molar-refractivity contribution in [3.8, 4) is 45.5 Å². The molecule has 0 fully saturated rings. The molecule has 0 saturated carbocycles. The molecule has 5 N–H and O–H groups in total. The van der Waals surface area contributed by atoms with Crippen molar-refractivity contribution < 1.29 is 62.2 Å². The maximum Gasteiger partial charge on any atom is 0.341 e. The number of pyridine rings is 2. The maximum atomic E-state index is 14.1. The van der Waals surface area contributed by atoms with E-state index in [4.69, 9.17) is 29.8 Å². The molecule has 8 aromatic rings. The predicted octanol–water partition coefficient (Wildman–Crippen LogP) is 9.94. The monoisotopic (exact) mass is 989 g/mol. The lowest BCUT2D eigenvalue weighted by Crippen LogP contribution is -2.20. The van der Waals surface area contributed by atoms with Crippen LogP contribution < -0.4 is 24.7 Å². The number of aromatic nitrogens is 2. The summed E-state index contributed by atoms with van der Waals surface area (Å²) in [6, 6.07) is 29.4. The molecule has 0 aliphatic carbocycles. The van der Waals surface area contributed by atoms with Gasteiger partial charge in [0.05, 0.1) is 58.6 Å². The number of rotatable bonds is 20. The van der Waals surface area contributed by atoms with Crippen LogP contribution in [0.1, 0.15) is 70.0 Å². The highest BCUT2D eigenvalue weighted by atomic mass is 32.1. The van der Waals surface area contributed by atoms with Crippen LogP contribution in [0.15, 0.2) is 120 Å². The van der Waals surface area contributed by atoms with E-state index < -0.39 is 30.7 Å². The van der Waals surface area contributed by atoms with E-state index in [1.807, 2.05) is 29.0 Å².